The average molecular weight is 344 g/mol. The lowest BCUT2D eigenvalue weighted by atomic mass is 10.0. The molecule has 1 heterocycles. The Balaban J connectivity index is 2.05. The van der Waals surface area contributed by atoms with E-state index in [2.05, 4.69) is 10.6 Å². The molecule has 0 fully saturated rings. The highest BCUT2D eigenvalue weighted by molar-refractivity contribution is 5.99. The van der Waals surface area contributed by atoms with Crippen LogP contribution >= 0.6 is 0 Å². The highest BCUT2D eigenvalue weighted by Crippen LogP contribution is 2.18. The smallest absolute Gasteiger partial charge is 0.255 e. The fourth-order valence-corrected chi connectivity index (χ4v) is 2.39. The summed E-state index contributed by atoms with van der Waals surface area (Å²) in [7, 11) is 0. The second kappa shape index (κ2) is 8.92. The van der Waals surface area contributed by atoms with Crippen LogP contribution in [0.15, 0.2) is 47.1 Å². The second-order valence-corrected chi connectivity index (χ2v) is 5.92. The number of rotatable bonds is 8. The first-order valence-electron chi connectivity index (χ1n) is 8.35. The van der Waals surface area contributed by atoms with Crippen LogP contribution < -0.4 is 15.4 Å². The van der Waals surface area contributed by atoms with Crippen molar-refractivity contribution < 1.29 is 18.7 Å². The Morgan fingerprint density at radius 1 is 1.16 bits per heavy atom. The van der Waals surface area contributed by atoms with Crippen molar-refractivity contribution in [3.8, 4) is 5.75 Å². The predicted octanol–water partition coefficient (Wildman–Crippen LogP) is 2.75. The number of carbonyl (C=O) groups excluding carboxylic acids is 2. The minimum Gasteiger partial charge on any atom is -0.493 e. The van der Waals surface area contributed by atoms with Gasteiger partial charge in [-0.3, -0.25) is 9.59 Å². The van der Waals surface area contributed by atoms with E-state index in [9.17, 15) is 9.59 Å². The SMILES string of the molecule is CCOc1ccccc1C(=O)NC(C(=O)NCc1ccco1)C(C)C. The van der Waals surface area contributed by atoms with Gasteiger partial charge in [0.2, 0.25) is 5.91 Å². The van der Waals surface area contributed by atoms with Gasteiger partial charge in [0.05, 0.1) is 25.0 Å². The molecule has 0 saturated heterocycles. The summed E-state index contributed by atoms with van der Waals surface area (Å²) >= 11 is 0. The van der Waals surface area contributed by atoms with Crippen molar-refractivity contribution in [3.63, 3.8) is 0 Å². The molecular formula is C19H24N2O4. The summed E-state index contributed by atoms with van der Waals surface area (Å²) in [6.07, 6.45) is 1.55. The highest BCUT2D eigenvalue weighted by Gasteiger charge is 2.25. The van der Waals surface area contributed by atoms with Gasteiger partial charge >= 0.3 is 0 Å². The summed E-state index contributed by atoms with van der Waals surface area (Å²) in [5.74, 6) is 0.495. The van der Waals surface area contributed by atoms with E-state index >= 15 is 0 Å². The summed E-state index contributed by atoms with van der Waals surface area (Å²) < 4.78 is 10.7. The molecule has 2 aromatic rings. The maximum Gasteiger partial charge on any atom is 0.255 e. The molecule has 0 radical (unpaired) electrons. The Bertz CT molecular complexity index is 695. The zero-order chi connectivity index (χ0) is 18.2. The summed E-state index contributed by atoms with van der Waals surface area (Å²) in [6, 6.07) is 9.86. The molecule has 0 aliphatic heterocycles. The Morgan fingerprint density at radius 3 is 2.56 bits per heavy atom. The van der Waals surface area contributed by atoms with Crippen LogP contribution in [0.1, 0.15) is 36.9 Å². The summed E-state index contributed by atoms with van der Waals surface area (Å²) in [6.45, 7) is 6.35. The molecule has 1 aromatic carbocycles. The van der Waals surface area contributed by atoms with Gasteiger partial charge < -0.3 is 19.8 Å². The maximum absolute atomic E-state index is 12.6. The molecule has 0 bridgehead atoms. The standard InChI is InChI=1S/C19H24N2O4/c1-4-24-16-10-6-5-9-15(16)18(22)21-17(13(2)3)19(23)20-12-14-8-7-11-25-14/h5-11,13,17H,4,12H2,1-3H3,(H,20,23)(H,21,22). The summed E-state index contributed by atoms with van der Waals surface area (Å²) in [5.41, 5.74) is 0.411. The monoisotopic (exact) mass is 344 g/mol. The zero-order valence-corrected chi connectivity index (χ0v) is 14.7. The Kier molecular flexibility index (Phi) is 6.62. The van der Waals surface area contributed by atoms with Crippen molar-refractivity contribution in [2.45, 2.75) is 33.4 Å². The van der Waals surface area contributed by atoms with E-state index in [1.54, 1.807) is 42.7 Å². The van der Waals surface area contributed by atoms with Crippen molar-refractivity contribution in [1.29, 1.82) is 0 Å². The number of ether oxygens (including phenoxy) is 1. The molecule has 2 rings (SSSR count). The van der Waals surface area contributed by atoms with Gasteiger partial charge in [-0.2, -0.15) is 0 Å². The van der Waals surface area contributed by atoms with Crippen LogP contribution in [0, 0.1) is 5.92 Å². The van der Waals surface area contributed by atoms with Crippen LogP contribution in [-0.2, 0) is 11.3 Å². The number of amides is 2. The van der Waals surface area contributed by atoms with Crippen LogP contribution in [0.5, 0.6) is 5.75 Å². The van der Waals surface area contributed by atoms with Gasteiger partial charge in [-0.1, -0.05) is 26.0 Å². The summed E-state index contributed by atoms with van der Waals surface area (Å²) in [4.78, 5) is 25.1. The molecule has 6 nitrogen and oxygen atoms in total. The van der Waals surface area contributed by atoms with Gasteiger partial charge in [-0.15, -0.1) is 0 Å². The van der Waals surface area contributed by atoms with Crippen LogP contribution in [0.2, 0.25) is 0 Å². The molecule has 6 heteroatoms. The topological polar surface area (TPSA) is 80.6 Å². The quantitative estimate of drug-likeness (QED) is 0.772. The largest absolute Gasteiger partial charge is 0.493 e. The fourth-order valence-electron chi connectivity index (χ4n) is 2.39. The molecule has 0 aliphatic carbocycles. The molecule has 134 valence electrons. The van der Waals surface area contributed by atoms with Crippen LogP contribution in [0.25, 0.3) is 0 Å². The minimum atomic E-state index is -0.655. The number of carbonyl (C=O) groups is 2. The number of nitrogens with one attached hydrogen (secondary N) is 2. The van der Waals surface area contributed by atoms with Gasteiger partial charge in [0.1, 0.15) is 17.6 Å². The van der Waals surface area contributed by atoms with E-state index in [1.165, 1.54) is 0 Å². The van der Waals surface area contributed by atoms with Crippen molar-refractivity contribution in [2.24, 2.45) is 5.92 Å². The molecular weight excluding hydrogens is 320 g/mol. The van der Waals surface area contributed by atoms with Gasteiger partial charge in [0.15, 0.2) is 0 Å². The van der Waals surface area contributed by atoms with Crippen LogP contribution in [0.4, 0.5) is 0 Å². The van der Waals surface area contributed by atoms with Crippen molar-refractivity contribution in [3.05, 3.63) is 54.0 Å². The third-order valence-electron chi connectivity index (χ3n) is 3.68. The first kappa shape index (κ1) is 18.6. The van der Waals surface area contributed by atoms with E-state index in [4.69, 9.17) is 9.15 Å². The van der Waals surface area contributed by atoms with E-state index in [0.717, 1.165) is 0 Å². The maximum atomic E-state index is 12.6. The molecule has 25 heavy (non-hydrogen) atoms. The zero-order valence-electron chi connectivity index (χ0n) is 14.7. The molecule has 0 saturated carbocycles. The second-order valence-electron chi connectivity index (χ2n) is 5.92. The third-order valence-corrected chi connectivity index (χ3v) is 3.68. The fraction of sp³-hybridized carbons (Fsp3) is 0.368. The normalized spacial score (nSPS) is 11.8. The van der Waals surface area contributed by atoms with Crippen LogP contribution in [-0.4, -0.2) is 24.5 Å². The number of hydrogen-bond acceptors (Lipinski definition) is 4. The van der Waals surface area contributed by atoms with Crippen molar-refractivity contribution in [2.75, 3.05) is 6.61 Å². The lowest BCUT2D eigenvalue weighted by Crippen LogP contribution is -2.49. The predicted molar refractivity (Wildman–Crippen MR) is 94.3 cm³/mol. The number of furan rings is 1. The molecule has 0 aliphatic rings. The van der Waals surface area contributed by atoms with E-state index in [0.29, 0.717) is 23.7 Å². The number of para-hydroxylation sites is 1. The lowest BCUT2D eigenvalue weighted by molar-refractivity contribution is -0.124. The Morgan fingerprint density at radius 2 is 1.92 bits per heavy atom. The van der Waals surface area contributed by atoms with Crippen molar-refractivity contribution >= 4 is 11.8 Å². The minimum absolute atomic E-state index is 0.0696. The first-order chi connectivity index (χ1) is 12.0. The molecule has 1 aromatic heterocycles. The van der Waals surface area contributed by atoms with E-state index < -0.39 is 6.04 Å². The molecule has 1 atom stereocenters. The average Bonchev–Trinajstić information content (AvgIpc) is 3.11. The molecule has 1 unspecified atom stereocenters. The lowest BCUT2D eigenvalue weighted by Gasteiger charge is -2.22. The van der Waals surface area contributed by atoms with E-state index in [-0.39, 0.29) is 24.3 Å². The number of hydrogen-bond donors (Lipinski definition) is 2. The van der Waals surface area contributed by atoms with E-state index in [1.807, 2.05) is 20.8 Å². The van der Waals surface area contributed by atoms with Gasteiger partial charge in [-0.05, 0) is 37.1 Å². The Labute approximate surface area is 147 Å². The van der Waals surface area contributed by atoms with Crippen molar-refractivity contribution in [1.82, 2.24) is 10.6 Å². The molecule has 0 spiro atoms. The molecule has 2 N–H and O–H groups in total. The van der Waals surface area contributed by atoms with Gasteiger partial charge in [-0.25, -0.2) is 0 Å². The molecule has 2 amide bonds. The van der Waals surface area contributed by atoms with Gasteiger partial charge in [0, 0.05) is 0 Å². The highest BCUT2D eigenvalue weighted by atomic mass is 16.5. The van der Waals surface area contributed by atoms with Gasteiger partial charge in [0.25, 0.3) is 5.91 Å². The first-order valence-corrected chi connectivity index (χ1v) is 8.35. The van der Waals surface area contributed by atoms with Crippen LogP contribution in [0.3, 0.4) is 0 Å². The Hall–Kier alpha value is -2.76. The third kappa shape index (κ3) is 5.11. The number of benzene rings is 1. The summed E-state index contributed by atoms with van der Waals surface area (Å²) in [5, 5.41) is 5.58.